The molecule has 0 amide bonds. The third-order valence-corrected chi connectivity index (χ3v) is 7.37. The van der Waals surface area contributed by atoms with Crippen LogP contribution in [0.4, 0.5) is 11.4 Å². The first-order chi connectivity index (χ1) is 18.0. The van der Waals surface area contributed by atoms with Crippen LogP contribution in [0.25, 0.3) is 10.8 Å². The summed E-state index contributed by atoms with van der Waals surface area (Å²) in [6, 6.07) is 27.4. The Morgan fingerprint density at radius 3 is 2.59 bits per heavy atom. The van der Waals surface area contributed by atoms with E-state index in [0.29, 0.717) is 12.1 Å². The minimum absolute atomic E-state index is 0.00407. The molecule has 1 aliphatic heterocycles. The van der Waals surface area contributed by atoms with Gasteiger partial charge in [-0.15, -0.1) is 0 Å². The summed E-state index contributed by atoms with van der Waals surface area (Å²) >= 11 is 0. The number of methoxy groups -OCH3 is 1. The maximum absolute atomic E-state index is 12.5. The van der Waals surface area contributed by atoms with Crippen LogP contribution in [0.5, 0.6) is 5.75 Å². The molecule has 37 heavy (non-hydrogen) atoms. The number of benzene rings is 4. The minimum atomic E-state index is -0.304. The van der Waals surface area contributed by atoms with Crippen LogP contribution in [0.15, 0.2) is 78.9 Å². The van der Waals surface area contributed by atoms with Crippen LogP contribution in [0, 0.1) is 13.8 Å². The summed E-state index contributed by atoms with van der Waals surface area (Å²) in [6.07, 6.45) is 0.860. The highest BCUT2D eigenvalue weighted by molar-refractivity contribution is 5.95. The van der Waals surface area contributed by atoms with Gasteiger partial charge in [-0.1, -0.05) is 60.7 Å². The summed E-state index contributed by atoms with van der Waals surface area (Å²) in [5.41, 5.74) is 5.79. The predicted molar refractivity (Wildman–Crippen MR) is 150 cm³/mol. The zero-order valence-electron chi connectivity index (χ0n) is 22.0. The highest BCUT2D eigenvalue weighted by atomic mass is 16.5. The van der Waals surface area contributed by atoms with Gasteiger partial charge >= 0.3 is 5.97 Å². The molecule has 2 unspecified atom stereocenters. The number of hydrogen-bond donors (Lipinski definition) is 1. The minimum Gasteiger partial charge on any atom is -0.486 e. The van der Waals surface area contributed by atoms with Gasteiger partial charge in [-0.2, -0.15) is 0 Å². The molecule has 4 aromatic rings. The van der Waals surface area contributed by atoms with Crippen molar-refractivity contribution >= 4 is 28.1 Å². The summed E-state index contributed by atoms with van der Waals surface area (Å²) in [5.74, 6) is 0.557. The Bertz CT molecular complexity index is 1430. The van der Waals surface area contributed by atoms with Crippen LogP contribution in [0.3, 0.4) is 0 Å². The molecular formula is C32H34N2O3. The van der Waals surface area contributed by atoms with Gasteiger partial charge in [-0.3, -0.25) is 0 Å². The lowest BCUT2D eigenvalue weighted by Crippen LogP contribution is -2.39. The van der Waals surface area contributed by atoms with Crippen LogP contribution < -0.4 is 15.0 Å². The van der Waals surface area contributed by atoms with Gasteiger partial charge in [0, 0.05) is 11.7 Å². The fourth-order valence-electron chi connectivity index (χ4n) is 5.42. The Balaban J connectivity index is 1.35. The molecule has 4 aromatic carbocycles. The van der Waals surface area contributed by atoms with Crippen LogP contribution in [-0.2, 0) is 4.74 Å². The second-order valence-electron chi connectivity index (χ2n) is 9.74. The smallest absolute Gasteiger partial charge is 0.338 e. The van der Waals surface area contributed by atoms with Gasteiger partial charge in [0.05, 0.1) is 24.9 Å². The number of ether oxygens (including phenoxy) is 2. The van der Waals surface area contributed by atoms with Crippen molar-refractivity contribution in [3.8, 4) is 5.75 Å². The first-order valence-electron chi connectivity index (χ1n) is 12.9. The predicted octanol–water partition coefficient (Wildman–Crippen LogP) is 6.88. The van der Waals surface area contributed by atoms with E-state index in [1.807, 2.05) is 38.1 Å². The van der Waals surface area contributed by atoms with Crippen molar-refractivity contribution in [3.63, 3.8) is 0 Å². The highest BCUT2D eigenvalue weighted by Crippen LogP contribution is 2.40. The van der Waals surface area contributed by atoms with E-state index in [1.165, 1.54) is 23.4 Å². The van der Waals surface area contributed by atoms with Gasteiger partial charge in [0.2, 0.25) is 0 Å². The average molecular weight is 495 g/mol. The van der Waals surface area contributed by atoms with Gasteiger partial charge < -0.3 is 19.7 Å². The molecule has 0 saturated heterocycles. The fraction of sp³-hybridized carbons (Fsp3) is 0.281. The van der Waals surface area contributed by atoms with Crippen molar-refractivity contribution in [2.24, 2.45) is 0 Å². The molecule has 1 aliphatic rings. The van der Waals surface area contributed by atoms with Gasteiger partial charge in [-0.25, -0.2) is 4.79 Å². The van der Waals surface area contributed by atoms with E-state index in [9.17, 15) is 4.79 Å². The SMILES string of the molecule is COC(=O)c1c(C)ccc(N2CC(CCNC(C)c3cccc4ccccc34)Oc3ccccc32)c1C. The van der Waals surface area contributed by atoms with Crippen molar-refractivity contribution in [1.82, 2.24) is 5.32 Å². The molecule has 0 aromatic heterocycles. The largest absolute Gasteiger partial charge is 0.486 e. The highest BCUT2D eigenvalue weighted by Gasteiger charge is 2.29. The number of nitrogens with one attached hydrogen (secondary N) is 1. The summed E-state index contributed by atoms with van der Waals surface area (Å²) in [4.78, 5) is 14.8. The Labute approximate surface area is 219 Å². The molecular weight excluding hydrogens is 460 g/mol. The fourth-order valence-corrected chi connectivity index (χ4v) is 5.42. The molecule has 0 radical (unpaired) electrons. The zero-order valence-corrected chi connectivity index (χ0v) is 22.0. The van der Waals surface area contributed by atoms with Crippen molar-refractivity contribution in [3.05, 3.63) is 101 Å². The third kappa shape index (κ3) is 4.92. The van der Waals surface area contributed by atoms with Crippen molar-refractivity contribution in [2.75, 3.05) is 25.1 Å². The maximum atomic E-state index is 12.5. The Morgan fingerprint density at radius 1 is 1.00 bits per heavy atom. The lowest BCUT2D eigenvalue weighted by Gasteiger charge is -2.37. The number of anilines is 2. The number of para-hydroxylation sites is 2. The number of carbonyl (C=O) groups excluding carboxylic acids is 1. The Kier molecular flexibility index (Phi) is 7.15. The molecule has 5 rings (SSSR count). The number of aryl methyl sites for hydroxylation is 1. The number of rotatable bonds is 7. The van der Waals surface area contributed by atoms with Crippen molar-refractivity contribution in [2.45, 2.75) is 39.3 Å². The van der Waals surface area contributed by atoms with E-state index in [1.54, 1.807) is 0 Å². The van der Waals surface area contributed by atoms with Crippen molar-refractivity contribution < 1.29 is 14.3 Å². The average Bonchev–Trinajstić information content (AvgIpc) is 2.92. The van der Waals surface area contributed by atoms with E-state index in [2.05, 4.69) is 71.7 Å². The van der Waals surface area contributed by atoms with Crippen LogP contribution >= 0.6 is 0 Å². The molecule has 0 spiro atoms. The zero-order chi connectivity index (χ0) is 25.9. The Hall–Kier alpha value is -3.83. The number of hydrogen-bond acceptors (Lipinski definition) is 5. The summed E-state index contributed by atoms with van der Waals surface area (Å²) < 4.78 is 11.5. The third-order valence-electron chi connectivity index (χ3n) is 7.37. The number of nitrogens with zero attached hydrogens (tertiary/aromatic N) is 1. The van der Waals surface area contributed by atoms with Crippen LogP contribution in [0.1, 0.15) is 46.4 Å². The van der Waals surface area contributed by atoms with E-state index in [-0.39, 0.29) is 18.1 Å². The molecule has 0 saturated carbocycles. The van der Waals surface area contributed by atoms with E-state index in [0.717, 1.165) is 41.2 Å². The summed E-state index contributed by atoms with van der Waals surface area (Å²) in [6.45, 7) is 7.68. The van der Waals surface area contributed by atoms with E-state index in [4.69, 9.17) is 9.47 Å². The van der Waals surface area contributed by atoms with Crippen LogP contribution in [-0.4, -0.2) is 32.3 Å². The summed E-state index contributed by atoms with van der Waals surface area (Å²) in [5, 5.41) is 6.26. The standard InChI is InChI=1S/C32H34N2O3/c1-21-16-17-28(22(2)31(21)32(35)36-4)34-20-25(37-30-15-8-7-14-29(30)34)18-19-33-23(3)26-13-9-11-24-10-5-6-12-27(24)26/h5-17,23,25,33H,18-20H2,1-4H3. The van der Waals surface area contributed by atoms with Gasteiger partial charge in [0.15, 0.2) is 0 Å². The quantitative estimate of drug-likeness (QED) is 0.284. The van der Waals surface area contributed by atoms with Gasteiger partial charge in [-0.05, 0) is 79.4 Å². The van der Waals surface area contributed by atoms with Crippen LogP contribution in [0.2, 0.25) is 0 Å². The molecule has 1 heterocycles. The molecule has 190 valence electrons. The molecule has 0 aliphatic carbocycles. The maximum Gasteiger partial charge on any atom is 0.338 e. The first-order valence-corrected chi connectivity index (χ1v) is 12.9. The Morgan fingerprint density at radius 2 is 1.76 bits per heavy atom. The molecule has 1 N–H and O–H groups in total. The van der Waals surface area contributed by atoms with Crippen molar-refractivity contribution in [1.29, 1.82) is 0 Å². The topological polar surface area (TPSA) is 50.8 Å². The monoisotopic (exact) mass is 494 g/mol. The molecule has 0 bridgehead atoms. The summed E-state index contributed by atoms with van der Waals surface area (Å²) in [7, 11) is 1.43. The van der Waals surface area contributed by atoms with E-state index < -0.39 is 0 Å². The number of carbonyl (C=O) groups is 1. The second-order valence-corrected chi connectivity index (χ2v) is 9.74. The molecule has 5 nitrogen and oxygen atoms in total. The lowest BCUT2D eigenvalue weighted by atomic mass is 9.98. The molecule has 2 atom stereocenters. The first kappa shape index (κ1) is 24.8. The van der Waals surface area contributed by atoms with Gasteiger partial charge in [0.1, 0.15) is 11.9 Å². The second kappa shape index (κ2) is 10.7. The normalized spacial score (nSPS) is 15.7. The molecule has 0 fully saturated rings. The van der Waals surface area contributed by atoms with Gasteiger partial charge in [0.25, 0.3) is 0 Å². The van der Waals surface area contributed by atoms with E-state index >= 15 is 0 Å². The number of fused-ring (bicyclic) bond motifs is 2. The lowest BCUT2D eigenvalue weighted by molar-refractivity contribution is 0.0599. The molecule has 5 heteroatoms. The number of esters is 1.